The third-order valence-corrected chi connectivity index (χ3v) is 7.10. The summed E-state index contributed by atoms with van der Waals surface area (Å²) in [5.74, 6) is -0.619. The Bertz CT molecular complexity index is 1330. The van der Waals surface area contributed by atoms with Crippen molar-refractivity contribution in [2.45, 2.75) is 12.8 Å². The van der Waals surface area contributed by atoms with Crippen LogP contribution in [0.15, 0.2) is 48.7 Å². The fourth-order valence-corrected chi connectivity index (χ4v) is 5.21. The number of aromatic nitrogens is 2. The lowest BCUT2D eigenvalue weighted by Crippen LogP contribution is -2.38. The molecule has 0 atom stereocenters. The number of hydrogen-bond acceptors (Lipinski definition) is 8. The number of anilines is 1. The number of phenolic OH excluding ortho intramolecular Hbond substituents is 1. The van der Waals surface area contributed by atoms with Crippen molar-refractivity contribution in [2.24, 2.45) is 5.92 Å². The Hall–Kier alpha value is -3.79. The van der Waals surface area contributed by atoms with E-state index in [0.717, 1.165) is 42.6 Å². The van der Waals surface area contributed by atoms with E-state index in [2.05, 4.69) is 21.3 Å². The van der Waals surface area contributed by atoms with Gasteiger partial charge in [-0.15, -0.1) is 0 Å². The monoisotopic (exact) mass is 463 g/mol. The van der Waals surface area contributed by atoms with Crippen LogP contribution >= 0.6 is 11.3 Å². The Morgan fingerprint density at radius 1 is 1.24 bits per heavy atom. The predicted molar refractivity (Wildman–Crippen MR) is 127 cm³/mol. The van der Waals surface area contributed by atoms with Gasteiger partial charge in [-0.3, -0.25) is 19.9 Å². The highest BCUT2D eigenvalue weighted by atomic mass is 32.1. The summed E-state index contributed by atoms with van der Waals surface area (Å²) in [6.45, 7) is 2.12. The average molecular weight is 464 g/mol. The van der Waals surface area contributed by atoms with Crippen molar-refractivity contribution in [2.75, 3.05) is 24.5 Å². The standard InChI is InChI=1S/C23H21N5O4S/c29-21-16(12-18(28(31)32)15-4-3-9-24-20(15)21)22(30)25-13-14-7-10-27(11-8-14)23-26-17-5-1-2-6-19(17)33-23/h1-6,9,12,14,29H,7-8,10-11,13H2,(H,25,30). The minimum absolute atomic E-state index is 0.0426. The van der Waals surface area contributed by atoms with E-state index >= 15 is 0 Å². The van der Waals surface area contributed by atoms with Gasteiger partial charge in [0, 0.05) is 31.9 Å². The molecule has 0 aliphatic carbocycles. The largest absolute Gasteiger partial charge is 0.505 e. The van der Waals surface area contributed by atoms with Gasteiger partial charge in [0.1, 0.15) is 5.52 Å². The van der Waals surface area contributed by atoms with E-state index in [4.69, 9.17) is 4.98 Å². The maximum Gasteiger partial charge on any atom is 0.279 e. The number of piperidine rings is 1. The van der Waals surface area contributed by atoms with Gasteiger partial charge in [-0.2, -0.15) is 0 Å². The summed E-state index contributed by atoms with van der Waals surface area (Å²) in [5.41, 5.74) is 0.650. The van der Waals surface area contributed by atoms with Gasteiger partial charge in [0.05, 0.1) is 26.1 Å². The molecule has 10 heteroatoms. The minimum atomic E-state index is -0.571. The maximum absolute atomic E-state index is 12.8. The normalized spacial score (nSPS) is 14.6. The van der Waals surface area contributed by atoms with Crippen molar-refractivity contribution >= 4 is 49.2 Å². The number of para-hydroxylation sites is 1. The molecule has 0 bridgehead atoms. The average Bonchev–Trinajstić information content (AvgIpc) is 3.27. The van der Waals surface area contributed by atoms with Crippen LogP contribution in [0.4, 0.5) is 10.8 Å². The van der Waals surface area contributed by atoms with E-state index in [1.54, 1.807) is 17.4 Å². The number of pyridine rings is 1. The van der Waals surface area contributed by atoms with E-state index in [1.165, 1.54) is 17.0 Å². The van der Waals surface area contributed by atoms with Crippen LogP contribution in [0.5, 0.6) is 5.75 Å². The Labute approximate surface area is 192 Å². The lowest BCUT2D eigenvalue weighted by molar-refractivity contribution is -0.383. The molecule has 0 spiro atoms. The molecule has 2 aromatic carbocycles. The van der Waals surface area contributed by atoms with Gasteiger partial charge in [0.2, 0.25) is 0 Å². The van der Waals surface area contributed by atoms with E-state index in [0.29, 0.717) is 6.54 Å². The number of phenols is 1. The van der Waals surface area contributed by atoms with Gasteiger partial charge in [0.15, 0.2) is 10.9 Å². The maximum atomic E-state index is 12.8. The summed E-state index contributed by atoms with van der Waals surface area (Å²) in [5, 5.41) is 26.0. The quantitative estimate of drug-likeness (QED) is 0.337. The number of nitro benzene ring substituents is 1. The third kappa shape index (κ3) is 4.05. The van der Waals surface area contributed by atoms with Crippen molar-refractivity contribution < 1.29 is 14.8 Å². The summed E-state index contributed by atoms with van der Waals surface area (Å²) in [7, 11) is 0. The molecule has 1 aliphatic heterocycles. The molecule has 1 amide bonds. The van der Waals surface area contributed by atoms with Crippen LogP contribution in [-0.4, -0.2) is 45.5 Å². The molecule has 33 heavy (non-hydrogen) atoms. The van der Waals surface area contributed by atoms with Gasteiger partial charge in [-0.1, -0.05) is 23.5 Å². The zero-order valence-corrected chi connectivity index (χ0v) is 18.4. The van der Waals surface area contributed by atoms with Crippen LogP contribution in [0, 0.1) is 16.0 Å². The highest BCUT2D eigenvalue weighted by molar-refractivity contribution is 7.22. The van der Waals surface area contributed by atoms with Gasteiger partial charge in [-0.25, -0.2) is 4.98 Å². The van der Waals surface area contributed by atoms with Gasteiger partial charge < -0.3 is 15.3 Å². The van der Waals surface area contributed by atoms with E-state index in [1.807, 2.05) is 18.2 Å². The number of non-ortho nitro benzene ring substituents is 1. The summed E-state index contributed by atoms with van der Waals surface area (Å²) in [6.07, 6.45) is 3.20. The molecular formula is C23H21N5O4S. The molecule has 2 aromatic heterocycles. The van der Waals surface area contributed by atoms with E-state index < -0.39 is 10.8 Å². The van der Waals surface area contributed by atoms with Gasteiger partial charge in [-0.05, 0) is 43.0 Å². The summed E-state index contributed by atoms with van der Waals surface area (Å²) >= 11 is 1.68. The molecule has 5 rings (SSSR count). The zero-order valence-electron chi connectivity index (χ0n) is 17.6. The molecule has 1 aliphatic rings. The number of amides is 1. The van der Waals surface area contributed by atoms with Crippen LogP contribution in [0.25, 0.3) is 21.1 Å². The highest BCUT2D eigenvalue weighted by Crippen LogP contribution is 2.35. The first kappa shape index (κ1) is 21.1. The van der Waals surface area contributed by atoms with Gasteiger partial charge in [0.25, 0.3) is 11.6 Å². The molecule has 0 saturated carbocycles. The van der Waals surface area contributed by atoms with Gasteiger partial charge >= 0.3 is 0 Å². The lowest BCUT2D eigenvalue weighted by atomic mass is 9.97. The highest BCUT2D eigenvalue weighted by Gasteiger charge is 2.25. The Balaban J connectivity index is 1.24. The number of thiazole rings is 1. The molecule has 1 saturated heterocycles. The smallest absolute Gasteiger partial charge is 0.279 e. The second kappa shape index (κ2) is 8.62. The molecule has 9 nitrogen and oxygen atoms in total. The SMILES string of the molecule is O=C(NCC1CCN(c2nc3ccccc3s2)CC1)c1cc([N+](=O)[O-])c2cccnc2c1O. The summed E-state index contributed by atoms with van der Waals surface area (Å²) in [4.78, 5) is 34.7. The number of benzene rings is 2. The Morgan fingerprint density at radius 3 is 2.79 bits per heavy atom. The Morgan fingerprint density at radius 2 is 2.03 bits per heavy atom. The van der Waals surface area contributed by atoms with E-state index in [-0.39, 0.29) is 33.8 Å². The molecule has 3 heterocycles. The van der Waals surface area contributed by atoms with E-state index in [9.17, 15) is 20.0 Å². The summed E-state index contributed by atoms with van der Waals surface area (Å²) in [6, 6.07) is 12.2. The van der Waals surface area contributed by atoms with Crippen LogP contribution in [-0.2, 0) is 0 Å². The number of nitrogens with zero attached hydrogens (tertiary/aromatic N) is 4. The molecule has 1 fully saturated rings. The number of fused-ring (bicyclic) bond motifs is 2. The van der Waals surface area contributed by atoms with Crippen LogP contribution in [0.1, 0.15) is 23.2 Å². The van der Waals surface area contributed by atoms with Crippen LogP contribution in [0.3, 0.4) is 0 Å². The number of carbonyl (C=O) groups is 1. The van der Waals surface area contributed by atoms with Crippen molar-refractivity contribution in [1.29, 1.82) is 0 Å². The number of carbonyl (C=O) groups excluding carboxylic acids is 1. The second-order valence-corrected chi connectivity index (χ2v) is 9.06. The fraction of sp³-hybridized carbons (Fsp3) is 0.261. The first-order chi connectivity index (χ1) is 16.0. The number of hydrogen-bond donors (Lipinski definition) is 2. The number of aromatic hydroxyl groups is 1. The number of nitrogens with one attached hydrogen (secondary N) is 1. The molecular weight excluding hydrogens is 442 g/mol. The fourth-order valence-electron chi connectivity index (χ4n) is 4.19. The molecule has 168 valence electrons. The number of rotatable bonds is 5. The third-order valence-electron chi connectivity index (χ3n) is 6.00. The zero-order chi connectivity index (χ0) is 22.9. The van der Waals surface area contributed by atoms with Crippen molar-refractivity contribution in [3.63, 3.8) is 0 Å². The van der Waals surface area contributed by atoms with Crippen molar-refractivity contribution in [3.8, 4) is 5.75 Å². The molecule has 0 unspecified atom stereocenters. The topological polar surface area (TPSA) is 121 Å². The first-order valence-corrected chi connectivity index (χ1v) is 11.5. The molecule has 4 aromatic rings. The minimum Gasteiger partial charge on any atom is -0.505 e. The van der Waals surface area contributed by atoms with Crippen molar-refractivity contribution in [3.05, 3.63) is 64.3 Å². The number of nitro groups is 1. The predicted octanol–water partition coefficient (Wildman–Crippen LogP) is 4.10. The van der Waals surface area contributed by atoms with Crippen molar-refractivity contribution in [1.82, 2.24) is 15.3 Å². The lowest BCUT2D eigenvalue weighted by Gasteiger charge is -2.31. The molecule has 0 radical (unpaired) electrons. The summed E-state index contributed by atoms with van der Waals surface area (Å²) < 4.78 is 1.17. The second-order valence-electron chi connectivity index (χ2n) is 8.05. The molecule has 2 N–H and O–H groups in total. The Kier molecular flexibility index (Phi) is 5.51. The van der Waals surface area contributed by atoms with Crippen LogP contribution in [0.2, 0.25) is 0 Å². The first-order valence-electron chi connectivity index (χ1n) is 10.6. The van der Waals surface area contributed by atoms with Crippen LogP contribution < -0.4 is 10.2 Å².